The van der Waals surface area contributed by atoms with Crippen molar-refractivity contribution in [2.75, 3.05) is 24.7 Å². The second-order valence-corrected chi connectivity index (χ2v) is 9.04. The van der Waals surface area contributed by atoms with Gasteiger partial charge in [-0.3, -0.25) is 14.4 Å². The maximum Gasteiger partial charge on any atom is 0.318 e. The number of anilines is 2. The van der Waals surface area contributed by atoms with Crippen molar-refractivity contribution < 1.29 is 14.3 Å². The van der Waals surface area contributed by atoms with E-state index in [1.165, 1.54) is 37.1 Å². The molecule has 0 aliphatic rings. The van der Waals surface area contributed by atoms with Crippen LogP contribution in [-0.4, -0.2) is 40.4 Å². The fraction of sp³-hybridized carbons (Fsp3) is 0.222. The van der Waals surface area contributed by atoms with Crippen LogP contribution in [0.5, 0.6) is 6.01 Å². The number of carbonyl (C=O) groups is 2. The minimum absolute atomic E-state index is 0.0880. The fourth-order valence-electron chi connectivity index (χ4n) is 3.88. The number of aromatic amines is 1. The van der Waals surface area contributed by atoms with Gasteiger partial charge >= 0.3 is 6.01 Å². The number of aromatic nitrogens is 3. The molecule has 0 fully saturated rings. The van der Waals surface area contributed by atoms with Gasteiger partial charge in [0, 0.05) is 29.4 Å². The Morgan fingerprint density at radius 1 is 1.08 bits per heavy atom. The first-order chi connectivity index (χ1) is 18.3. The van der Waals surface area contributed by atoms with E-state index >= 15 is 0 Å². The lowest BCUT2D eigenvalue weighted by atomic mass is 10.1. The summed E-state index contributed by atoms with van der Waals surface area (Å²) in [7, 11) is 1.41. The lowest BCUT2D eigenvalue weighted by Gasteiger charge is -2.10. The summed E-state index contributed by atoms with van der Waals surface area (Å²) in [6, 6.07) is 13.9. The largest absolute Gasteiger partial charge is 0.467 e. The Kier molecular flexibility index (Phi) is 8.55. The highest BCUT2D eigenvalue weighted by atomic mass is 35.5. The van der Waals surface area contributed by atoms with Crippen LogP contribution in [0.15, 0.2) is 59.5 Å². The van der Waals surface area contributed by atoms with E-state index in [-0.39, 0.29) is 33.8 Å². The number of nitrogens with two attached hydrogens (primary N) is 1. The molecule has 0 aliphatic carbocycles. The molecule has 0 bridgehead atoms. The van der Waals surface area contributed by atoms with Crippen LogP contribution < -0.4 is 26.7 Å². The van der Waals surface area contributed by atoms with Crippen molar-refractivity contribution in [3.63, 3.8) is 0 Å². The Morgan fingerprint density at radius 3 is 2.71 bits per heavy atom. The van der Waals surface area contributed by atoms with Crippen molar-refractivity contribution >= 4 is 45.8 Å². The van der Waals surface area contributed by atoms with Crippen LogP contribution in [0.4, 0.5) is 11.4 Å². The monoisotopic (exact) mass is 534 g/mol. The summed E-state index contributed by atoms with van der Waals surface area (Å²) in [4.78, 5) is 48.6. The molecule has 11 heteroatoms. The number of nitrogens with zero attached hydrogens (tertiary/aromatic N) is 2. The molecule has 10 nitrogen and oxygen atoms in total. The number of H-pyrrole nitrogens is 1. The quantitative estimate of drug-likeness (QED) is 0.177. The van der Waals surface area contributed by atoms with E-state index in [9.17, 15) is 14.4 Å². The number of hydrogen-bond acceptors (Lipinski definition) is 7. The minimum atomic E-state index is -0.691. The van der Waals surface area contributed by atoms with Gasteiger partial charge < -0.3 is 26.1 Å². The highest BCUT2D eigenvalue weighted by molar-refractivity contribution is 6.34. The molecule has 2 aromatic heterocycles. The SMILES string of the molecule is COc1ncc2cc(C(=O)Nc3cc(C(=O)NCCCCCc4cccc(N)c4)ccc3Cl)c(=O)[nH]c2n1. The number of aryl methyl sites for hydroxylation is 1. The second-order valence-electron chi connectivity index (χ2n) is 8.63. The van der Waals surface area contributed by atoms with Crippen molar-refractivity contribution in [2.45, 2.75) is 25.7 Å². The number of benzene rings is 2. The number of nitrogen functional groups attached to an aromatic ring is 1. The van der Waals surface area contributed by atoms with Crippen LogP contribution in [0.1, 0.15) is 45.5 Å². The first-order valence-electron chi connectivity index (χ1n) is 12.0. The van der Waals surface area contributed by atoms with Gasteiger partial charge in [-0.25, -0.2) is 4.98 Å². The Labute approximate surface area is 223 Å². The van der Waals surface area contributed by atoms with Crippen LogP contribution in [0.2, 0.25) is 5.02 Å². The molecule has 2 amide bonds. The average Bonchev–Trinajstić information content (AvgIpc) is 2.91. The van der Waals surface area contributed by atoms with Crippen molar-refractivity contribution in [1.82, 2.24) is 20.3 Å². The van der Waals surface area contributed by atoms with E-state index in [1.807, 2.05) is 18.2 Å². The van der Waals surface area contributed by atoms with E-state index in [2.05, 4.69) is 31.7 Å². The first kappa shape index (κ1) is 26.6. The number of carbonyl (C=O) groups excluding carboxylic acids is 2. The molecule has 0 radical (unpaired) electrons. The highest BCUT2D eigenvalue weighted by Crippen LogP contribution is 2.24. The summed E-state index contributed by atoms with van der Waals surface area (Å²) in [6.45, 7) is 0.513. The average molecular weight is 535 g/mol. The van der Waals surface area contributed by atoms with Crippen molar-refractivity contribution in [3.8, 4) is 6.01 Å². The number of amides is 2. The van der Waals surface area contributed by atoms with Gasteiger partial charge in [0.05, 0.1) is 17.8 Å². The normalized spacial score (nSPS) is 10.8. The summed E-state index contributed by atoms with van der Waals surface area (Å²) < 4.78 is 4.95. The Balaban J connectivity index is 1.34. The molecular formula is C27H27ClN6O4. The Bertz CT molecular complexity index is 1540. The standard InChI is InChI=1S/C27H27ClN6O4/c1-38-27-31-15-18-13-20(26(37)33-23(18)34-27)25(36)32-22-14-17(9-10-21(22)28)24(35)30-11-4-2-3-6-16-7-5-8-19(29)12-16/h5,7-10,12-15H,2-4,6,11,29H2,1H3,(H,30,35)(H,32,36)(H,31,33,34,37). The number of halogens is 1. The molecule has 0 spiro atoms. The summed E-state index contributed by atoms with van der Waals surface area (Å²) in [5.74, 6) is -0.980. The van der Waals surface area contributed by atoms with Gasteiger partial charge in [0.25, 0.3) is 17.4 Å². The zero-order valence-corrected chi connectivity index (χ0v) is 21.5. The van der Waals surface area contributed by atoms with Gasteiger partial charge in [-0.2, -0.15) is 4.98 Å². The number of pyridine rings is 1. The molecule has 0 atom stereocenters. The zero-order valence-electron chi connectivity index (χ0n) is 20.7. The maximum atomic E-state index is 12.9. The molecule has 5 N–H and O–H groups in total. The molecule has 4 aromatic rings. The maximum absolute atomic E-state index is 12.9. The summed E-state index contributed by atoms with van der Waals surface area (Å²) >= 11 is 6.25. The predicted molar refractivity (Wildman–Crippen MR) is 147 cm³/mol. The minimum Gasteiger partial charge on any atom is -0.467 e. The number of methoxy groups -OCH3 is 1. The van der Waals surface area contributed by atoms with E-state index in [4.69, 9.17) is 22.1 Å². The highest BCUT2D eigenvalue weighted by Gasteiger charge is 2.16. The molecule has 0 saturated heterocycles. The first-order valence-corrected chi connectivity index (χ1v) is 12.4. The predicted octanol–water partition coefficient (Wildman–Crippen LogP) is 3.96. The number of hydrogen-bond donors (Lipinski definition) is 4. The van der Waals surface area contributed by atoms with E-state index in [0.29, 0.717) is 17.5 Å². The molecule has 0 saturated carbocycles. The molecule has 2 aromatic carbocycles. The molecule has 2 heterocycles. The molecule has 196 valence electrons. The van der Waals surface area contributed by atoms with Gasteiger partial charge in [-0.1, -0.05) is 30.2 Å². The van der Waals surface area contributed by atoms with Crippen LogP contribution in [0, 0.1) is 0 Å². The summed E-state index contributed by atoms with van der Waals surface area (Å²) in [6.07, 6.45) is 5.13. The summed E-state index contributed by atoms with van der Waals surface area (Å²) in [5.41, 5.74) is 7.74. The van der Waals surface area contributed by atoms with Crippen molar-refractivity contribution in [3.05, 3.63) is 86.8 Å². The molecule has 0 aliphatic heterocycles. The lowest BCUT2D eigenvalue weighted by Crippen LogP contribution is -2.25. The Morgan fingerprint density at radius 2 is 1.92 bits per heavy atom. The van der Waals surface area contributed by atoms with Crippen molar-refractivity contribution in [1.29, 1.82) is 0 Å². The van der Waals surface area contributed by atoms with Gasteiger partial charge in [0.1, 0.15) is 11.2 Å². The van der Waals surface area contributed by atoms with Gasteiger partial charge in [-0.15, -0.1) is 0 Å². The van der Waals surface area contributed by atoms with Crippen LogP contribution in [0.25, 0.3) is 11.0 Å². The third kappa shape index (κ3) is 6.65. The van der Waals surface area contributed by atoms with E-state index in [0.717, 1.165) is 31.4 Å². The smallest absolute Gasteiger partial charge is 0.318 e. The van der Waals surface area contributed by atoms with E-state index in [1.54, 1.807) is 6.07 Å². The topological polar surface area (TPSA) is 152 Å². The van der Waals surface area contributed by atoms with Crippen LogP contribution in [-0.2, 0) is 6.42 Å². The third-order valence-corrected chi connectivity index (χ3v) is 6.18. The number of unbranched alkanes of at least 4 members (excludes halogenated alkanes) is 2. The molecule has 38 heavy (non-hydrogen) atoms. The van der Waals surface area contributed by atoms with Gasteiger partial charge in [0.15, 0.2) is 0 Å². The summed E-state index contributed by atoms with van der Waals surface area (Å²) in [5, 5.41) is 6.16. The molecule has 0 unspecified atom stereocenters. The number of rotatable bonds is 10. The lowest BCUT2D eigenvalue weighted by molar-refractivity contribution is 0.0951. The van der Waals surface area contributed by atoms with Crippen LogP contribution in [0.3, 0.4) is 0 Å². The number of fused-ring (bicyclic) bond motifs is 1. The zero-order chi connectivity index (χ0) is 27.1. The molecular weight excluding hydrogens is 508 g/mol. The number of nitrogens with one attached hydrogen (secondary N) is 3. The second kappa shape index (κ2) is 12.2. The van der Waals surface area contributed by atoms with Crippen molar-refractivity contribution in [2.24, 2.45) is 0 Å². The van der Waals surface area contributed by atoms with Gasteiger partial charge in [-0.05, 0) is 61.2 Å². The fourth-order valence-corrected chi connectivity index (χ4v) is 4.04. The third-order valence-electron chi connectivity index (χ3n) is 5.85. The molecule has 4 rings (SSSR count). The van der Waals surface area contributed by atoms with Crippen LogP contribution >= 0.6 is 11.6 Å². The van der Waals surface area contributed by atoms with E-state index < -0.39 is 11.5 Å². The van der Waals surface area contributed by atoms with Gasteiger partial charge in [0.2, 0.25) is 0 Å². The number of ether oxygens (including phenoxy) is 1. The Hall–Kier alpha value is -4.44.